The van der Waals surface area contributed by atoms with Gasteiger partial charge < -0.3 is 15.6 Å². The molecule has 0 amide bonds. The molecule has 6 heteroatoms. The first-order chi connectivity index (χ1) is 7.95. The van der Waals surface area contributed by atoms with E-state index >= 15 is 0 Å². The van der Waals surface area contributed by atoms with E-state index in [4.69, 9.17) is 5.73 Å². The summed E-state index contributed by atoms with van der Waals surface area (Å²) < 4.78 is 30.6. The summed E-state index contributed by atoms with van der Waals surface area (Å²) in [6.07, 6.45) is -1.75. The molecule has 1 aromatic carbocycles. The van der Waals surface area contributed by atoms with Gasteiger partial charge in [0.05, 0.1) is 19.6 Å². The lowest BCUT2D eigenvalue weighted by atomic mass is 10.00. The summed E-state index contributed by atoms with van der Waals surface area (Å²) in [6, 6.07) is 1.60. The molecule has 0 fully saturated rings. The lowest BCUT2D eigenvalue weighted by molar-refractivity contribution is -0.141. The zero-order valence-electron chi connectivity index (χ0n) is 9.19. The molecule has 94 valence electrons. The zero-order chi connectivity index (χ0) is 13.0. The van der Waals surface area contributed by atoms with E-state index in [-0.39, 0.29) is 12.0 Å². The number of ether oxygens (including phenoxy) is 1. The van der Waals surface area contributed by atoms with E-state index in [1.807, 2.05) is 0 Å². The van der Waals surface area contributed by atoms with Gasteiger partial charge in [0.15, 0.2) is 0 Å². The maximum atomic E-state index is 13.3. The van der Waals surface area contributed by atoms with Crippen molar-refractivity contribution in [3.8, 4) is 0 Å². The predicted octanol–water partition coefficient (Wildman–Crippen LogP) is 0.889. The number of carbonyl (C=O) groups is 1. The second-order valence-corrected chi connectivity index (χ2v) is 3.55. The number of halogens is 2. The molecule has 0 aromatic heterocycles. The lowest BCUT2D eigenvalue weighted by Crippen LogP contribution is -2.32. The van der Waals surface area contributed by atoms with E-state index in [0.29, 0.717) is 0 Å². The highest BCUT2D eigenvalue weighted by Crippen LogP contribution is 2.21. The minimum Gasteiger partial charge on any atom is -0.469 e. The number of carbonyl (C=O) groups excluding carboxylic acids is 1. The Kier molecular flexibility index (Phi) is 4.53. The van der Waals surface area contributed by atoms with Crippen LogP contribution in [0.1, 0.15) is 18.1 Å². The van der Waals surface area contributed by atoms with Gasteiger partial charge in [-0.1, -0.05) is 0 Å². The Balaban J connectivity index is 2.84. The van der Waals surface area contributed by atoms with E-state index in [1.165, 1.54) is 7.11 Å². The van der Waals surface area contributed by atoms with Crippen molar-refractivity contribution in [2.45, 2.75) is 18.6 Å². The highest BCUT2D eigenvalue weighted by molar-refractivity contribution is 5.70. The van der Waals surface area contributed by atoms with Crippen LogP contribution in [0.4, 0.5) is 8.78 Å². The minimum atomic E-state index is -1.47. The molecule has 1 rings (SSSR count). The van der Waals surface area contributed by atoms with Crippen LogP contribution in [-0.2, 0) is 9.53 Å². The molecule has 0 saturated heterocycles. The molecule has 2 atom stereocenters. The molecule has 3 N–H and O–H groups in total. The summed E-state index contributed by atoms with van der Waals surface area (Å²) in [4.78, 5) is 10.9. The number of aliphatic hydroxyl groups excluding tert-OH is 1. The summed E-state index contributed by atoms with van der Waals surface area (Å²) >= 11 is 0. The smallest absolute Gasteiger partial charge is 0.307 e. The molecule has 0 heterocycles. The maximum Gasteiger partial charge on any atom is 0.307 e. The molecule has 0 aliphatic rings. The van der Waals surface area contributed by atoms with Crippen LogP contribution in [0.2, 0.25) is 0 Å². The van der Waals surface area contributed by atoms with Gasteiger partial charge in [0.1, 0.15) is 11.6 Å². The van der Waals surface area contributed by atoms with Crippen molar-refractivity contribution in [2.75, 3.05) is 7.11 Å². The van der Waals surface area contributed by atoms with E-state index in [9.17, 15) is 18.7 Å². The number of hydrogen-bond donors (Lipinski definition) is 2. The normalized spacial score (nSPS) is 14.2. The van der Waals surface area contributed by atoms with Gasteiger partial charge in [-0.3, -0.25) is 4.79 Å². The molecule has 2 unspecified atom stereocenters. The van der Waals surface area contributed by atoms with Crippen LogP contribution in [0.25, 0.3) is 0 Å². The molecular weight excluding hydrogens is 232 g/mol. The number of aliphatic hydroxyl groups is 1. The molecule has 0 aliphatic heterocycles. The topological polar surface area (TPSA) is 72.5 Å². The maximum absolute atomic E-state index is 13.3. The Hall–Kier alpha value is -1.53. The average molecular weight is 245 g/mol. The third-order valence-electron chi connectivity index (χ3n) is 2.31. The summed E-state index contributed by atoms with van der Waals surface area (Å²) in [7, 11) is 1.17. The molecule has 4 nitrogen and oxygen atoms in total. The van der Waals surface area contributed by atoms with E-state index in [1.54, 1.807) is 0 Å². The van der Waals surface area contributed by atoms with Crippen molar-refractivity contribution in [3.63, 3.8) is 0 Å². The number of nitrogens with two attached hydrogens (primary N) is 1. The second kappa shape index (κ2) is 5.70. The summed E-state index contributed by atoms with van der Waals surface area (Å²) in [5.74, 6) is -2.10. The van der Waals surface area contributed by atoms with Crippen LogP contribution < -0.4 is 5.73 Å². The van der Waals surface area contributed by atoms with Crippen LogP contribution in [0, 0.1) is 11.6 Å². The Morgan fingerprint density at radius 1 is 1.53 bits per heavy atom. The van der Waals surface area contributed by atoms with Crippen molar-refractivity contribution in [2.24, 2.45) is 5.73 Å². The van der Waals surface area contributed by atoms with Crippen molar-refractivity contribution in [3.05, 3.63) is 35.4 Å². The van der Waals surface area contributed by atoms with Crippen LogP contribution in [0.15, 0.2) is 18.2 Å². The van der Waals surface area contributed by atoms with Gasteiger partial charge in [0, 0.05) is 11.6 Å². The first kappa shape index (κ1) is 13.5. The van der Waals surface area contributed by atoms with Crippen LogP contribution in [0.5, 0.6) is 0 Å². The third kappa shape index (κ3) is 3.47. The number of methoxy groups -OCH3 is 1. The van der Waals surface area contributed by atoms with Crippen molar-refractivity contribution in [1.82, 2.24) is 0 Å². The standard InChI is InChI=1S/C11H13F2NO3/c1-17-10(15)5-9(14)11(16)7-4-6(12)2-3-8(7)13/h2-4,9,11,16H,5,14H2,1H3. The molecular formula is C11H13F2NO3. The van der Waals surface area contributed by atoms with Gasteiger partial charge in [-0.2, -0.15) is 0 Å². The lowest BCUT2D eigenvalue weighted by Gasteiger charge is -2.18. The molecule has 17 heavy (non-hydrogen) atoms. The number of hydrogen-bond acceptors (Lipinski definition) is 4. The van der Waals surface area contributed by atoms with Crippen LogP contribution in [0.3, 0.4) is 0 Å². The van der Waals surface area contributed by atoms with Gasteiger partial charge in [-0.25, -0.2) is 8.78 Å². The quantitative estimate of drug-likeness (QED) is 0.773. The van der Waals surface area contributed by atoms with Gasteiger partial charge in [0.25, 0.3) is 0 Å². The second-order valence-electron chi connectivity index (χ2n) is 3.55. The third-order valence-corrected chi connectivity index (χ3v) is 2.31. The number of esters is 1. The summed E-state index contributed by atoms with van der Waals surface area (Å²) in [5.41, 5.74) is 5.23. The van der Waals surface area contributed by atoms with Gasteiger partial charge >= 0.3 is 5.97 Å². The average Bonchev–Trinajstić information content (AvgIpc) is 2.31. The van der Waals surface area contributed by atoms with E-state index in [0.717, 1.165) is 18.2 Å². The van der Waals surface area contributed by atoms with Crippen LogP contribution in [-0.4, -0.2) is 24.2 Å². The Morgan fingerprint density at radius 3 is 2.76 bits per heavy atom. The first-order valence-corrected chi connectivity index (χ1v) is 4.91. The monoisotopic (exact) mass is 245 g/mol. The highest BCUT2D eigenvalue weighted by atomic mass is 19.1. The fraction of sp³-hybridized carbons (Fsp3) is 0.364. The largest absolute Gasteiger partial charge is 0.469 e. The SMILES string of the molecule is COC(=O)CC(N)C(O)c1cc(F)ccc1F. The predicted molar refractivity (Wildman–Crippen MR) is 55.9 cm³/mol. The van der Waals surface area contributed by atoms with Crippen LogP contribution >= 0.6 is 0 Å². The van der Waals surface area contributed by atoms with Gasteiger partial charge in [0.2, 0.25) is 0 Å². The minimum absolute atomic E-state index is 0.276. The van der Waals surface area contributed by atoms with E-state index in [2.05, 4.69) is 4.74 Å². The fourth-order valence-electron chi connectivity index (χ4n) is 1.36. The molecule has 0 radical (unpaired) electrons. The fourth-order valence-corrected chi connectivity index (χ4v) is 1.36. The molecule has 0 aliphatic carbocycles. The van der Waals surface area contributed by atoms with Gasteiger partial charge in [-0.15, -0.1) is 0 Å². The Morgan fingerprint density at radius 2 is 2.18 bits per heavy atom. The first-order valence-electron chi connectivity index (χ1n) is 4.91. The Labute approximate surface area is 97.0 Å². The molecule has 0 saturated carbocycles. The molecule has 0 spiro atoms. The molecule has 1 aromatic rings. The number of rotatable bonds is 4. The summed E-state index contributed by atoms with van der Waals surface area (Å²) in [5, 5.41) is 9.70. The summed E-state index contributed by atoms with van der Waals surface area (Å²) in [6.45, 7) is 0. The number of benzene rings is 1. The highest BCUT2D eigenvalue weighted by Gasteiger charge is 2.23. The zero-order valence-corrected chi connectivity index (χ0v) is 9.19. The molecule has 0 bridgehead atoms. The Bertz CT molecular complexity index is 412. The van der Waals surface area contributed by atoms with E-state index < -0.39 is 29.7 Å². The van der Waals surface area contributed by atoms with Gasteiger partial charge in [-0.05, 0) is 18.2 Å². The van der Waals surface area contributed by atoms with Crippen molar-refractivity contribution >= 4 is 5.97 Å². The van der Waals surface area contributed by atoms with Crippen molar-refractivity contribution < 1.29 is 23.4 Å². The van der Waals surface area contributed by atoms with Crippen molar-refractivity contribution in [1.29, 1.82) is 0 Å².